The molecule has 0 saturated heterocycles. The highest BCUT2D eigenvalue weighted by Gasteiger charge is 2.35. The fraction of sp³-hybridized carbons (Fsp3) is 0.389. The van der Waals surface area contributed by atoms with Crippen LogP contribution in [-0.2, 0) is 6.42 Å². The Morgan fingerprint density at radius 3 is 2.08 bits per heavy atom. The van der Waals surface area contributed by atoms with E-state index >= 15 is 0 Å². The zero-order valence-corrected chi connectivity index (χ0v) is 22.8. The standard InChI is InChI=1S/C36H40/c1-22(2)11-10-12-23(3)17-18-26-19-20-29-25(5)28-14-7-9-16-31(28)36-34-30-15-8-6-13-27(30)24(4)21-32(34)33(26)35(29)36/h6-9,13-16,21-23H,10-12,17-20H2,1-5H3. The number of benzene rings is 4. The van der Waals surface area contributed by atoms with Crippen molar-refractivity contribution in [2.45, 2.75) is 79.6 Å². The van der Waals surface area contributed by atoms with Crippen molar-refractivity contribution >= 4 is 27.1 Å². The average molecular weight is 473 g/mol. The number of hydrogen-bond donors (Lipinski definition) is 0. The van der Waals surface area contributed by atoms with Gasteiger partial charge in [-0.3, -0.25) is 0 Å². The van der Waals surface area contributed by atoms with Crippen LogP contribution in [0.4, 0.5) is 0 Å². The molecular formula is C36H40. The predicted octanol–water partition coefficient (Wildman–Crippen LogP) is 10.6. The Hall–Kier alpha value is -2.86. The molecule has 1 unspecified atom stereocenters. The van der Waals surface area contributed by atoms with E-state index in [2.05, 4.69) is 89.2 Å². The van der Waals surface area contributed by atoms with Crippen LogP contribution in [0.1, 0.15) is 87.1 Å². The number of rotatable bonds is 7. The molecule has 0 radical (unpaired) electrons. The van der Waals surface area contributed by atoms with Gasteiger partial charge in [0, 0.05) is 0 Å². The fourth-order valence-electron chi connectivity index (χ4n) is 7.13. The minimum atomic E-state index is 0.801. The number of fused-ring (bicyclic) bond motifs is 7. The Kier molecular flexibility index (Phi) is 6.03. The van der Waals surface area contributed by atoms with Crippen molar-refractivity contribution in [3.8, 4) is 11.1 Å². The van der Waals surface area contributed by atoms with Gasteiger partial charge in [-0.2, -0.15) is 0 Å². The molecule has 0 bridgehead atoms. The molecule has 4 aromatic rings. The summed E-state index contributed by atoms with van der Waals surface area (Å²) in [5.74, 6) is 1.62. The highest BCUT2D eigenvalue weighted by Crippen LogP contribution is 2.56. The molecule has 2 aliphatic rings. The molecule has 0 aliphatic heterocycles. The van der Waals surface area contributed by atoms with E-state index in [0.717, 1.165) is 11.8 Å². The quantitative estimate of drug-likeness (QED) is 0.221. The zero-order valence-electron chi connectivity index (χ0n) is 22.8. The third-order valence-electron chi connectivity index (χ3n) is 9.07. The Morgan fingerprint density at radius 2 is 1.36 bits per heavy atom. The molecule has 0 heteroatoms. The SMILES string of the molecule is Cc1cc2c(c3ccccc13)-c1c3c(c(C)c4ccccc14)CCC(CCC(C)CCCC(C)C)=C23. The number of aryl methyl sites for hydroxylation is 2. The minimum Gasteiger partial charge on any atom is -0.0628 e. The van der Waals surface area contributed by atoms with E-state index in [1.54, 1.807) is 22.3 Å². The van der Waals surface area contributed by atoms with Crippen molar-refractivity contribution in [3.63, 3.8) is 0 Å². The van der Waals surface area contributed by atoms with Gasteiger partial charge < -0.3 is 0 Å². The second-order valence-corrected chi connectivity index (χ2v) is 12.0. The van der Waals surface area contributed by atoms with Gasteiger partial charge in [-0.1, -0.05) is 100 Å². The van der Waals surface area contributed by atoms with E-state index in [0.29, 0.717) is 0 Å². The lowest BCUT2D eigenvalue weighted by molar-refractivity contribution is 0.435. The van der Waals surface area contributed by atoms with Gasteiger partial charge in [-0.25, -0.2) is 0 Å². The summed E-state index contributed by atoms with van der Waals surface area (Å²) in [5, 5.41) is 5.69. The summed E-state index contributed by atoms with van der Waals surface area (Å²) >= 11 is 0. The fourth-order valence-corrected chi connectivity index (χ4v) is 7.13. The lowest BCUT2D eigenvalue weighted by Crippen LogP contribution is -2.08. The third-order valence-corrected chi connectivity index (χ3v) is 9.07. The Labute approximate surface area is 217 Å². The van der Waals surface area contributed by atoms with Gasteiger partial charge in [0.2, 0.25) is 0 Å². The van der Waals surface area contributed by atoms with Crippen molar-refractivity contribution in [3.05, 3.63) is 88.0 Å². The molecule has 0 saturated carbocycles. The van der Waals surface area contributed by atoms with Crippen LogP contribution in [0.5, 0.6) is 0 Å². The lowest BCUT2D eigenvalue weighted by Gasteiger charge is -2.25. The second kappa shape index (κ2) is 9.22. The first-order chi connectivity index (χ1) is 17.5. The summed E-state index contributed by atoms with van der Waals surface area (Å²) in [6.45, 7) is 11.8. The van der Waals surface area contributed by atoms with E-state index in [1.165, 1.54) is 94.3 Å². The molecule has 2 aliphatic carbocycles. The van der Waals surface area contributed by atoms with E-state index < -0.39 is 0 Å². The zero-order chi connectivity index (χ0) is 25.0. The van der Waals surface area contributed by atoms with Gasteiger partial charge in [0.25, 0.3) is 0 Å². The minimum absolute atomic E-state index is 0.801. The maximum atomic E-state index is 2.51. The highest BCUT2D eigenvalue weighted by molar-refractivity contribution is 6.20. The first kappa shape index (κ1) is 23.5. The first-order valence-electron chi connectivity index (χ1n) is 14.2. The van der Waals surface area contributed by atoms with Gasteiger partial charge >= 0.3 is 0 Å². The molecule has 0 fully saturated rings. The van der Waals surface area contributed by atoms with E-state index in [-0.39, 0.29) is 0 Å². The average Bonchev–Trinajstić information content (AvgIpc) is 3.22. The molecule has 0 spiro atoms. The van der Waals surface area contributed by atoms with Crippen LogP contribution in [0.3, 0.4) is 0 Å². The molecule has 184 valence electrons. The monoisotopic (exact) mass is 472 g/mol. The van der Waals surface area contributed by atoms with Crippen molar-refractivity contribution < 1.29 is 0 Å². The Balaban J connectivity index is 1.54. The van der Waals surface area contributed by atoms with Crippen LogP contribution < -0.4 is 0 Å². The summed E-state index contributed by atoms with van der Waals surface area (Å²) < 4.78 is 0. The summed E-state index contributed by atoms with van der Waals surface area (Å²) in [5.41, 5.74) is 13.9. The van der Waals surface area contributed by atoms with E-state index in [4.69, 9.17) is 0 Å². The Morgan fingerprint density at radius 1 is 0.694 bits per heavy atom. The molecule has 1 atom stereocenters. The van der Waals surface area contributed by atoms with Gasteiger partial charge in [-0.05, 0) is 117 Å². The van der Waals surface area contributed by atoms with Crippen LogP contribution >= 0.6 is 0 Å². The molecule has 4 aromatic carbocycles. The maximum absolute atomic E-state index is 2.51. The van der Waals surface area contributed by atoms with Crippen LogP contribution in [0.15, 0.2) is 60.2 Å². The van der Waals surface area contributed by atoms with Crippen molar-refractivity contribution in [2.75, 3.05) is 0 Å². The summed E-state index contributed by atoms with van der Waals surface area (Å²) in [6, 6.07) is 20.7. The molecule has 0 N–H and O–H groups in total. The molecule has 36 heavy (non-hydrogen) atoms. The van der Waals surface area contributed by atoms with Crippen molar-refractivity contribution in [2.24, 2.45) is 11.8 Å². The molecule has 0 heterocycles. The number of allylic oxidation sites excluding steroid dienone is 1. The van der Waals surface area contributed by atoms with Gasteiger partial charge in [0.1, 0.15) is 0 Å². The largest absolute Gasteiger partial charge is 0.0628 e. The Bertz CT molecular complexity index is 1510. The van der Waals surface area contributed by atoms with Gasteiger partial charge in [0.15, 0.2) is 0 Å². The molecule has 0 nitrogen and oxygen atoms in total. The predicted molar refractivity (Wildman–Crippen MR) is 158 cm³/mol. The van der Waals surface area contributed by atoms with E-state index in [9.17, 15) is 0 Å². The van der Waals surface area contributed by atoms with Gasteiger partial charge in [0.05, 0.1) is 0 Å². The summed E-state index contributed by atoms with van der Waals surface area (Å²) in [4.78, 5) is 0. The second-order valence-electron chi connectivity index (χ2n) is 12.0. The summed E-state index contributed by atoms with van der Waals surface area (Å²) in [7, 11) is 0. The van der Waals surface area contributed by atoms with Crippen molar-refractivity contribution in [1.29, 1.82) is 0 Å². The number of hydrogen-bond acceptors (Lipinski definition) is 0. The first-order valence-corrected chi connectivity index (χ1v) is 14.2. The van der Waals surface area contributed by atoms with Crippen LogP contribution in [-0.4, -0.2) is 0 Å². The smallest absolute Gasteiger partial charge is 0.00111 e. The highest BCUT2D eigenvalue weighted by atomic mass is 14.4. The summed E-state index contributed by atoms with van der Waals surface area (Å²) in [6.07, 6.45) is 9.06. The van der Waals surface area contributed by atoms with Gasteiger partial charge in [-0.15, -0.1) is 0 Å². The topological polar surface area (TPSA) is 0 Å². The lowest BCUT2D eigenvalue weighted by atomic mass is 9.79. The van der Waals surface area contributed by atoms with Crippen LogP contribution in [0, 0.1) is 25.7 Å². The maximum Gasteiger partial charge on any atom is -0.00111 e. The normalized spacial score (nSPS) is 15.2. The third kappa shape index (κ3) is 3.73. The van der Waals surface area contributed by atoms with Crippen LogP contribution in [0.25, 0.3) is 38.2 Å². The molecule has 0 amide bonds. The molecule has 0 aromatic heterocycles. The van der Waals surface area contributed by atoms with E-state index in [1.807, 2.05) is 0 Å². The van der Waals surface area contributed by atoms with Crippen molar-refractivity contribution in [1.82, 2.24) is 0 Å². The van der Waals surface area contributed by atoms with Crippen LogP contribution in [0.2, 0.25) is 0 Å². The molecular weight excluding hydrogens is 432 g/mol. The molecule has 6 rings (SSSR count).